The lowest BCUT2D eigenvalue weighted by molar-refractivity contribution is -0.120. The Kier molecular flexibility index (Phi) is 4.65. The number of hydrogen-bond donors (Lipinski definition) is 2. The number of hydrogen-bond acceptors (Lipinski definition) is 2. The van der Waals surface area contributed by atoms with Gasteiger partial charge in [-0.2, -0.15) is 0 Å². The molecule has 2 rings (SSSR count). The summed E-state index contributed by atoms with van der Waals surface area (Å²) in [7, 11) is 0. The van der Waals surface area contributed by atoms with Gasteiger partial charge in [-0.1, -0.05) is 11.6 Å². The lowest BCUT2D eigenvalue weighted by atomic mass is 9.86. The van der Waals surface area contributed by atoms with Gasteiger partial charge in [0.15, 0.2) is 0 Å². The van der Waals surface area contributed by atoms with E-state index in [9.17, 15) is 4.79 Å². The molecule has 0 heterocycles. The molecule has 18 heavy (non-hydrogen) atoms. The number of carbonyl (C=O) groups excluding carboxylic acids is 1. The van der Waals surface area contributed by atoms with Gasteiger partial charge in [-0.25, -0.2) is 0 Å². The Morgan fingerprint density at radius 3 is 2.61 bits per heavy atom. The predicted molar refractivity (Wildman–Crippen MR) is 77.7 cm³/mol. The normalized spacial score (nSPS) is 23.7. The predicted octanol–water partition coefficient (Wildman–Crippen LogP) is 3.56. The molecule has 0 spiro atoms. The molecule has 1 fully saturated rings. The summed E-state index contributed by atoms with van der Waals surface area (Å²) in [6.07, 6.45) is 3.62. The number of halogens is 2. The Labute approximate surface area is 120 Å². The minimum Gasteiger partial charge on any atom is -0.328 e. The highest BCUT2D eigenvalue weighted by Gasteiger charge is 2.24. The van der Waals surface area contributed by atoms with Crippen molar-refractivity contribution in [1.29, 1.82) is 0 Å². The van der Waals surface area contributed by atoms with Gasteiger partial charge in [0.25, 0.3) is 0 Å². The molecule has 0 bridgehead atoms. The van der Waals surface area contributed by atoms with Gasteiger partial charge in [-0.05, 0) is 59.8 Å². The van der Waals surface area contributed by atoms with E-state index in [0.717, 1.165) is 35.8 Å². The molecule has 0 aromatic heterocycles. The van der Waals surface area contributed by atoms with E-state index in [1.807, 2.05) is 6.07 Å². The van der Waals surface area contributed by atoms with Crippen molar-refractivity contribution in [2.75, 3.05) is 5.32 Å². The number of nitrogens with two attached hydrogens (primary N) is 1. The van der Waals surface area contributed by atoms with Crippen LogP contribution in [0.4, 0.5) is 5.69 Å². The maximum Gasteiger partial charge on any atom is 0.227 e. The lowest BCUT2D eigenvalue weighted by Crippen LogP contribution is -2.32. The number of amides is 1. The van der Waals surface area contributed by atoms with E-state index in [1.165, 1.54) is 0 Å². The van der Waals surface area contributed by atoms with Crippen LogP contribution in [-0.4, -0.2) is 11.9 Å². The number of nitrogens with one attached hydrogen (secondary N) is 1. The van der Waals surface area contributed by atoms with Gasteiger partial charge >= 0.3 is 0 Å². The zero-order chi connectivity index (χ0) is 13.1. The Hall–Kier alpha value is -0.580. The highest BCUT2D eigenvalue weighted by atomic mass is 79.9. The summed E-state index contributed by atoms with van der Waals surface area (Å²) in [5, 5.41) is 3.56. The molecule has 98 valence electrons. The quantitative estimate of drug-likeness (QED) is 0.870. The first-order chi connectivity index (χ1) is 8.56. The van der Waals surface area contributed by atoms with Crippen molar-refractivity contribution >= 4 is 39.1 Å². The molecular weight excluding hydrogens is 316 g/mol. The second kappa shape index (κ2) is 6.04. The maximum absolute atomic E-state index is 12.1. The Morgan fingerprint density at radius 1 is 1.33 bits per heavy atom. The third kappa shape index (κ3) is 3.46. The Balaban J connectivity index is 1.96. The van der Waals surface area contributed by atoms with Gasteiger partial charge < -0.3 is 11.1 Å². The highest BCUT2D eigenvalue weighted by molar-refractivity contribution is 9.10. The van der Waals surface area contributed by atoms with Crippen LogP contribution in [0.3, 0.4) is 0 Å². The zero-order valence-electron chi connectivity index (χ0n) is 9.96. The van der Waals surface area contributed by atoms with Crippen molar-refractivity contribution in [2.45, 2.75) is 31.7 Å². The van der Waals surface area contributed by atoms with Gasteiger partial charge in [0, 0.05) is 22.1 Å². The van der Waals surface area contributed by atoms with Crippen LogP contribution < -0.4 is 11.1 Å². The number of rotatable bonds is 2. The smallest absolute Gasteiger partial charge is 0.227 e. The number of anilines is 1. The summed E-state index contributed by atoms with van der Waals surface area (Å²) < 4.78 is 0.785. The summed E-state index contributed by atoms with van der Waals surface area (Å²) in [6, 6.07) is 5.64. The molecule has 0 saturated heterocycles. The minimum atomic E-state index is 0.0797. The molecule has 1 aromatic carbocycles. The van der Waals surface area contributed by atoms with Gasteiger partial charge in [0.05, 0.1) is 5.02 Å². The molecule has 3 nitrogen and oxygen atoms in total. The highest BCUT2D eigenvalue weighted by Crippen LogP contribution is 2.28. The van der Waals surface area contributed by atoms with E-state index >= 15 is 0 Å². The molecule has 0 atom stereocenters. The minimum absolute atomic E-state index is 0.0797. The van der Waals surface area contributed by atoms with Crippen molar-refractivity contribution in [3.63, 3.8) is 0 Å². The van der Waals surface area contributed by atoms with Crippen LogP contribution in [0.15, 0.2) is 22.7 Å². The molecule has 1 amide bonds. The molecular formula is C13H16BrClN2O. The van der Waals surface area contributed by atoms with Gasteiger partial charge in [0.1, 0.15) is 0 Å². The third-order valence-electron chi connectivity index (χ3n) is 3.33. The molecule has 1 saturated carbocycles. The monoisotopic (exact) mass is 330 g/mol. The Morgan fingerprint density at radius 2 is 2.00 bits per heavy atom. The van der Waals surface area contributed by atoms with E-state index in [-0.39, 0.29) is 17.9 Å². The number of benzene rings is 1. The van der Waals surface area contributed by atoms with E-state index in [2.05, 4.69) is 21.2 Å². The molecule has 1 aliphatic carbocycles. The molecule has 1 aliphatic rings. The van der Waals surface area contributed by atoms with Crippen molar-refractivity contribution in [1.82, 2.24) is 0 Å². The van der Waals surface area contributed by atoms with Crippen LogP contribution in [0, 0.1) is 5.92 Å². The van der Waals surface area contributed by atoms with E-state index in [1.54, 1.807) is 12.1 Å². The van der Waals surface area contributed by atoms with Crippen molar-refractivity contribution < 1.29 is 4.79 Å². The van der Waals surface area contributed by atoms with Crippen LogP contribution >= 0.6 is 27.5 Å². The second-order valence-corrected chi connectivity index (χ2v) is 5.99. The van der Waals surface area contributed by atoms with Crippen LogP contribution in [0.1, 0.15) is 25.7 Å². The fourth-order valence-corrected chi connectivity index (χ4v) is 2.70. The third-order valence-corrected chi connectivity index (χ3v) is 4.54. The summed E-state index contributed by atoms with van der Waals surface area (Å²) in [5.74, 6) is 0.162. The van der Waals surface area contributed by atoms with Crippen LogP contribution in [0.5, 0.6) is 0 Å². The van der Waals surface area contributed by atoms with Gasteiger partial charge in [0.2, 0.25) is 5.91 Å². The van der Waals surface area contributed by atoms with Crippen molar-refractivity contribution in [2.24, 2.45) is 11.7 Å². The molecule has 5 heteroatoms. The molecule has 0 aliphatic heterocycles. The molecule has 3 N–H and O–H groups in total. The lowest BCUT2D eigenvalue weighted by Gasteiger charge is -2.25. The van der Waals surface area contributed by atoms with Gasteiger partial charge in [-0.3, -0.25) is 4.79 Å². The SMILES string of the molecule is NC1CCC(C(=O)Nc2ccc(Cl)c(Br)c2)CC1. The first kappa shape index (κ1) is 13.8. The van der Waals surface area contributed by atoms with Gasteiger partial charge in [-0.15, -0.1) is 0 Å². The van der Waals surface area contributed by atoms with Crippen LogP contribution in [0.25, 0.3) is 0 Å². The largest absolute Gasteiger partial charge is 0.328 e. The first-order valence-corrected chi connectivity index (χ1v) is 7.25. The van der Waals surface area contributed by atoms with E-state index in [4.69, 9.17) is 17.3 Å². The standard InChI is InChI=1S/C13H16BrClN2O/c14-11-7-10(5-6-12(11)15)17-13(18)8-1-3-9(16)4-2-8/h5-9H,1-4,16H2,(H,17,18). The molecule has 0 radical (unpaired) electrons. The Bertz CT molecular complexity index is 445. The van der Waals surface area contributed by atoms with Crippen LogP contribution in [-0.2, 0) is 4.79 Å². The van der Waals surface area contributed by atoms with Crippen molar-refractivity contribution in [3.8, 4) is 0 Å². The summed E-state index contributed by atoms with van der Waals surface area (Å²) >= 11 is 9.25. The summed E-state index contributed by atoms with van der Waals surface area (Å²) in [6.45, 7) is 0. The van der Waals surface area contributed by atoms with E-state index < -0.39 is 0 Å². The fourth-order valence-electron chi connectivity index (χ4n) is 2.20. The molecule has 0 unspecified atom stereocenters. The first-order valence-electron chi connectivity index (χ1n) is 6.08. The van der Waals surface area contributed by atoms with Crippen molar-refractivity contribution in [3.05, 3.63) is 27.7 Å². The topological polar surface area (TPSA) is 55.1 Å². The maximum atomic E-state index is 12.1. The fraction of sp³-hybridized carbons (Fsp3) is 0.462. The second-order valence-electron chi connectivity index (χ2n) is 4.73. The molecule has 1 aromatic rings. The van der Waals surface area contributed by atoms with Crippen LogP contribution in [0.2, 0.25) is 5.02 Å². The summed E-state index contributed by atoms with van der Waals surface area (Å²) in [4.78, 5) is 12.1. The number of carbonyl (C=O) groups is 1. The average Bonchev–Trinajstić information content (AvgIpc) is 2.34. The van der Waals surface area contributed by atoms with E-state index in [0.29, 0.717) is 5.02 Å². The average molecular weight is 332 g/mol. The zero-order valence-corrected chi connectivity index (χ0v) is 12.3. The summed E-state index contributed by atoms with van der Waals surface area (Å²) in [5.41, 5.74) is 6.60.